The van der Waals surface area contributed by atoms with E-state index in [2.05, 4.69) is 15.3 Å². The van der Waals surface area contributed by atoms with Crippen LogP contribution >= 0.6 is 0 Å². The summed E-state index contributed by atoms with van der Waals surface area (Å²) >= 11 is 0. The second-order valence-corrected chi connectivity index (χ2v) is 4.18. The van der Waals surface area contributed by atoms with Crippen molar-refractivity contribution in [2.24, 2.45) is 5.92 Å². The zero-order chi connectivity index (χ0) is 12.4. The molecule has 2 atom stereocenters. The summed E-state index contributed by atoms with van der Waals surface area (Å²) in [6.45, 7) is 4.30. The summed E-state index contributed by atoms with van der Waals surface area (Å²) in [7, 11) is 0. The zero-order valence-corrected chi connectivity index (χ0v) is 9.80. The van der Waals surface area contributed by atoms with E-state index in [4.69, 9.17) is 9.84 Å². The standard InChI is InChI=1S/C11H15N3O3/c1-6-3-12-7(2)10(13-6)14-9-5-17-4-8(9)11(15)16/h3,8-9H,4-5H2,1-2H3,(H,13,14)(H,15,16). The second-order valence-electron chi connectivity index (χ2n) is 4.18. The number of anilines is 1. The van der Waals surface area contributed by atoms with E-state index in [0.717, 1.165) is 11.4 Å². The van der Waals surface area contributed by atoms with Gasteiger partial charge in [0.1, 0.15) is 11.7 Å². The fourth-order valence-corrected chi connectivity index (χ4v) is 1.79. The van der Waals surface area contributed by atoms with E-state index in [-0.39, 0.29) is 12.6 Å². The number of ether oxygens (including phenoxy) is 1. The van der Waals surface area contributed by atoms with E-state index >= 15 is 0 Å². The van der Waals surface area contributed by atoms with Gasteiger partial charge in [0.15, 0.2) is 0 Å². The predicted octanol–water partition coefficient (Wildman–Crippen LogP) is 0.605. The molecule has 0 aliphatic carbocycles. The first-order chi connectivity index (χ1) is 8.08. The van der Waals surface area contributed by atoms with Crippen LogP contribution in [0.1, 0.15) is 11.4 Å². The highest BCUT2D eigenvalue weighted by atomic mass is 16.5. The summed E-state index contributed by atoms with van der Waals surface area (Å²) in [6, 6.07) is -0.248. The van der Waals surface area contributed by atoms with E-state index in [1.54, 1.807) is 6.20 Å². The first-order valence-corrected chi connectivity index (χ1v) is 5.45. The highest BCUT2D eigenvalue weighted by Crippen LogP contribution is 2.19. The number of carboxylic acids is 1. The molecule has 0 amide bonds. The van der Waals surface area contributed by atoms with Crippen molar-refractivity contribution < 1.29 is 14.6 Å². The third-order valence-electron chi connectivity index (χ3n) is 2.80. The summed E-state index contributed by atoms with van der Waals surface area (Å²) in [6.07, 6.45) is 1.68. The molecule has 1 aromatic rings. The molecule has 1 aliphatic heterocycles. The Hall–Kier alpha value is -1.69. The summed E-state index contributed by atoms with van der Waals surface area (Å²) in [4.78, 5) is 19.5. The Morgan fingerprint density at radius 1 is 1.53 bits per heavy atom. The Morgan fingerprint density at radius 2 is 2.29 bits per heavy atom. The van der Waals surface area contributed by atoms with Gasteiger partial charge in [0.05, 0.1) is 30.6 Å². The summed E-state index contributed by atoms with van der Waals surface area (Å²) in [5.41, 5.74) is 1.55. The van der Waals surface area contributed by atoms with Crippen molar-refractivity contribution in [2.75, 3.05) is 18.5 Å². The molecule has 6 heteroatoms. The molecule has 6 nitrogen and oxygen atoms in total. The van der Waals surface area contributed by atoms with Gasteiger partial charge in [0, 0.05) is 6.20 Å². The van der Waals surface area contributed by atoms with Gasteiger partial charge in [-0.1, -0.05) is 0 Å². The Kier molecular flexibility index (Phi) is 3.23. The number of nitrogens with zero attached hydrogens (tertiary/aromatic N) is 2. The molecular weight excluding hydrogens is 222 g/mol. The van der Waals surface area contributed by atoms with Crippen LogP contribution in [0.3, 0.4) is 0 Å². The smallest absolute Gasteiger partial charge is 0.311 e. The van der Waals surface area contributed by atoms with E-state index in [9.17, 15) is 4.79 Å². The fraction of sp³-hybridized carbons (Fsp3) is 0.545. The maximum Gasteiger partial charge on any atom is 0.311 e. The van der Waals surface area contributed by atoms with Crippen LogP contribution in [0.4, 0.5) is 5.82 Å². The number of hydrogen-bond acceptors (Lipinski definition) is 5. The topological polar surface area (TPSA) is 84.3 Å². The average Bonchev–Trinajstić information content (AvgIpc) is 2.71. The Morgan fingerprint density at radius 3 is 3.00 bits per heavy atom. The molecule has 0 aromatic carbocycles. The van der Waals surface area contributed by atoms with E-state index in [1.807, 2.05) is 13.8 Å². The van der Waals surface area contributed by atoms with Crippen molar-refractivity contribution in [1.82, 2.24) is 9.97 Å². The number of aryl methyl sites for hydroxylation is 2. The van der Waals surface area contributed by atoms with Gasteiger partial charge in [0.25, 0.3) is 0 Å². The quantitative estimate of drug-likeness (QED) is 0.801. The first-order valence-electron chi connectivity index (χ1n) is 5.45. The Balaban J connectivity index is 2.15. The molecule has 1 aromatic heterocycles. The monoisotopic (exact) mass is 237 g/mol. The number of aliphatic carboxylic acids is 1. The highest BCUT2D eigenvalue weighted by molar-refractivity contribution is 5.72. The maximum atomic E-state index is 11.0. The molecular formula is C11H15N3O3. The van der Waals surface area contributed by atoms with Gasteiger partial charge in [-0.2, -0.15) is 0 Å². The van der Waals surface area contributed by atoms with Crippen LogP contribution in [-0.2, 0) is 9.53 Å². The highest BCUT2D eigenvalue weighted by Gasteiger charge is 2.34. The zero-order valence-electron chi connectivity index (χ0n) is 9.80. The Bertz CT molecular complexity index is 436. The number of carbonyl (C=O) groups is 1. The van der Waals surface area contributed by atoms with Crippen LogP contribution in [-0.4, -0.2) is 40.3 Å². The van der Waals surface area contributed by atoms with Gasteiger partial charge in [-0.3, -0.25) is 9.78 Å². The van der Waals surface area contributed by atoms with Crippen LogP contribution in [0.5, 0.6) is 0 Å². The van der Waals surface area contributed by atoms with Gasteiger partial charge >= 0.3 is 5.97 Å². The molecule has 2 rings (SSSR count). The van der Waals surface area contributed by atoms with E-state index < -0.39 is 11.9 Å². The van der Waals surface area contributed by atoms with Crippen molar-refractivity contribution in [3.8, 4) is 0 Å². The molecule has 1 aliphatic rings. The number of hydrogen-bond donors (Lipinski definition) is 2. The lowest BCUT2D eigenvalue weighted by Crippen LogP contribution is -2.33. The van der Waals surface area contributed by atoms with Gasteiger partial charge in [0.2, 0.25) is 0 Å². The van der Waals surface area contributed by atoms with Gasteiger partial charge in [-0.15, -0.1) is 0 Å². The molecule has 2 heterocycles. The van der Waals surface area contributed by atoms with Crippen molar-refractivity contribution in [1.29, 1.82) is 0 Å². The molecule has 0 radical (unpaired) electrons. The van der Waals surface area contributed by atoms with Crippen LogP contribution in [0.25, 0.3) is 0 Å². The molecule has 2 unspecified atom stereocenters. The summed E-state index contributed by atoms with van der Waals surface area (Å²) in [5.74, 6) is -0.748. The third-order valence-corrected chi connectivity index (χ3v) is 2.80. The lowest BCUT2D eigenvalue weighted by molar-refractivity contribution is -0.141. The number of aromatic nitrogens is 2. The normalized spacial score (nSPS) is 23.6. The Labute approximate surface area is 99.0 Å². The van der Waals surface area contributed by atoms with Crippen LogP contribution < -0.4 is 5.32 Å². The average molecular weight is 237 g/mol. The minimum Gasteiger partial charge on any atom is -0.481 e. The van der Waals surface area contributed by atoms with Gasteiger partial charge in [-0.05, 0) is 13.8 Å². The molecule has 0 saturated carbocycles. The van der Waals surface area contributed by atoms with Crippen molar-refractivity contribution >= 4 is 11.8 Å². The van der Waals surface area contributed by atoms with Crippen molar-refractivity contribution in [3.63, 3.8) is 0 Å². The van der Waals surface area contributed by atoms with E-state index in [0.29, 0.717) is 12.4 Å². The fourth-order valence-electron chi connectivity index (χ4n) is 1.79. The van der Waals surface area contributed by atoms with Gasteiger partial charge in [-0.25, -0.2) is 4.98 Å². The number of rotatable bonds is 3. The van der Waals surface area contributed by atoms with Gasteiger partial charge < -0.3 is 15.2 Å². The molecule has 0 spiro atoms. The lowest BCUT2D eigenvalue weighted by atomic mass is 10.0. The summed E-state index contributed by atoms with van der Waals surface area (Å²) in [5, 5.41) is 12.1. The van der Waals surface area contributed by atoms with Crippen LogP contribution in [0.15, 0.2) is 6.20 Å². The summed E-state index contributed by atoms with van der Waals surface area (Å²) < 4.78 is 5.18. The molecule has 0 bridgehead atoms. The molecule has 1 saturated heterocycles. The van der Waals surface area contributed by atoms with Crippen molar-refractivity contribution in [3.05, 3.63) is 17.6 Å². The number of nitrogens with one attached hydrogen (secondary N) is 1. The lowest BCUT2D eigenvalue weighted by Gasteiger charge is -2.17. The minimum atomic E-state index is -0.849. The largest absolute Gasteiger partial charge is 0.481 e. The first kappa shape index (κ1) is 11.8. The van der Waals surface area contributed by atoms with Crippen LogP contribution in [0.2, 0.25) is 0 Å². The van der Waals surface area contributed by atoms with E-state index in [1.165, 1.54) is 0 Å². The minimum absolute atomic E-state index is 0.241. The van der Waals surface area contributed by atoms with Crippen molar-refractivity contribution in [2.45, 2.75) is 19.9 Å². The predicted molar refractivity (Wildman–Crippen MR) is 60.9 cm³/mol. The maximum absolute atomic E-state index is 11.0. The molecule has 92 valence electrons. The molecule has 1 fully saturated rings. The van der Waals surface area contributed by atoms with Crippen LogP contribution in [0, 0.1) is 19.8 Å². The number of carboxylic acid groups (broad SMARTS) is 1. The third kappa shape index (κ3) is 2.52. The SMILES string of the molecule is Cc1cnc(C)c(NC2COCC2C(=O)O)n1. The molecule has 17 heavy (non-hydrogen) atoms. The second kappa shape index (κ2) is 4.67. The molecule has 2 N–H and O–H groups in total.